The minimum absolute atomic E-state index is 0.0312. The van der Waals surface area contributed by atoms with Crippen LogP contribution in [0.3, 0.4) is 0 Å². The summed E-state index contributed by atoms with van der Waals surface area (Å²) in [7, 11) is 0. The van der Waals surface area contributed by atoms with E-state index in [1.807, 2.05) is 48.5 Å². The summed E-state index contributed by atoms with van der Waals surface area (Å²) in [6, 6.07) is 15.7. The largest absolute Gasteiger partial charge is 0.489 e. The number of aryl methyl sites for hydroxylation is 1. The number of aliphatic carboxylic acids is 2. The maximum atomic E-state index is 12.2. The first-order valence-electron chi connectivity index (χ1n) is 11.2. The number of carboxylic acids is 2. The van der Waals surface area contributed by atoms with Gasteiger partial charge in [0.25, 0.3) is 0 Å². The molecule has 0 heterocycles. The van der Waals surface area contributed by atoms with Gasteiger partial charge >= 0.3 is 17.9 Å². The normalized spacial score (nSPS) is 15.0. The van der Waals surface area contributed by atoms with Gasteiger partial charge in [-0.15, -0.1) is 0 Å². The number of esters is 1. The van der Waals surface area contributed by atoms with Gasteiger partial charge in [-0.2, -0.15) is 0 Å². The molecule has 0 aromatic heterocycles. The van der Waals surface area contributed by atoms with Crippen LogP contribution in [0.1, 0.15) is 61.6 Å². The Bertz CT molecular complexity index is 967. The predicted molar refractivity (Wildman–Crippen MR) is 121 cm³/mol. The van der Waals surface area contributed by atoms with Crippen molar-refractivity contribution in [2.45, 2.75) is 58.0 Å². The molecule has 33 heavy (non-hydrogen) atoms. The second-order valence-corrected chi connectivity index (χ2v) is 8.70. The van der Waals surface area contributed by atoms with Crippen LogP contribution in [0.25, 0.3) is 0 Å². The zero-order valence-corrected chi connectivity index (χ0v) is 18.8. The lowest BCUT2D eigenvalue weighted by molar-refractivity contribution is -0.151. The molecular weight excluding hydrogens is 424 g/mol. The molecule has 176 valence electrons. The van der Waals surface area contributed by atoms with E-state index in [1.165, 1.54) is 0 Å². The van der Waals surface area contributed by atoms with Crippen molar-refractivity contribution < 1.29 is 34.1 Å². The summed E-state index contributed by atoms with van der Waals surface area (Å²) in [6.45, 7) is 2.29. The third-order valence-corrected chi connectivity index (χ3v) is 6.12. The fraction of sp³-hybridized carbons (Fsp3) is 0.423. The van der Waals surface area contributed by atoms with Crippen molar-refractivity contribution in [1.29, 1.82) is 0 Å². The average molecular weight is 455 g/mol. The fourth-order valence-electron chi connectivity index (χ4n) is 4.81. The second kappa shape index (κ2) is 11.0. The van der Waals surface area contributed by atoms with E-state index in [1.54, 1.807) is 6.92 Å². The van der Waals surface area contributed by atoms with E-state index >= 15 is 0 Å². The lowest BCUT2D eigenvalue weighted by Crippen LogP contribution is -2.33. The van der Waals surface area contributed by atoms with Crippen molar-refractivity contribution in [3.8, 4) is 5.75 Å². The summed E-state index contributed by atoms with van der Waals surface area (Å²) < 4.78 is 11.0. The van der Waals surface area contributed by atoms with E-state index in [0.29, 0.717) is 13.0 Å². The van der Waals surface area contributed by atoms with Gasteiger partial charge < -0.3 is 19.7 Å². The molecule has 0 aliphatic heterocycles. The number of carbonyl (C=O) groups excluding carboxylic acids is 1. The SMILES string of the molecule is CCOC(=O)CC(CC(=O)O)(CC(=O)O)C[C@H]1CCc2cc(OCc3ccccc3)ccc21. The Morgan fingerprint density at radius 1 is 1.00 bits per heavy atom. The van der Waals surface area contributed by atoms with Crippen molar-refractivity contribution in [2.75, 3.05) is 6.61 Å². The second-order valence-electron chi connectivity index (χ2n) is 8.70. The zero-order valence-electron chi connectivity index (χ0n) is 18.8. The number of hydrogen-bond acceptors (Lipinski definition) is 5. The van der Waals surface area contributed by atoms with Gasteiger partial charge in [0.05, 0.1) is 25.9 Å². The summed E-state index contributed by atoms with van der Waals surface area (Å²) in [5.74, 6) is -2.09. The number of ether oxygens (including phenoxy) is 2. The fourth-order valence-corrected chi connectivity index (χ4v) is 4.81. The van der Waals surface area contributed by atoms with Crippen LogP contribution in [-0.2, 0) is 32.1 Å². The molecule has 2 aromatic carbocycles. The van der Waals surface area contributed by atoms with Gasteiger partial charge in [-0.1, -0.05) is 36.4 Å². The molecule has 0 amide bonds. The maximum Gasteiger partial charge on any atom is 0.306 e. The Kier molecular flexibility index (Phi) is 8.09. The van der Waals surface area contributed by atoms with Gasteiger partial charge in [-0.3, -0.25) is 14.4 Å². The van der Waals surface area contributed by atoms with Gasteiger partial charge in [0.1, 0.15) is 12.4 Å². The minimum Gasteiger partial charge on any atom is -0.489 e. The lowest BCUT2D eigenvalue weighted by Gasteiger charge is -2.33. The van der Waals surface area contributed by atoms with Gasteiger partial charge in [0, 0.05) is 5.41 Å². The highest BCUT2D eigenvalue weighted by Gasteiger charge is 2.41. The van der Waals surface area contributed by atoms with Crippen LogP contribution in [0.2, 0.25) is 0 Å². The van der Waals surface area contributed by atoms with Crippen molar-refractivity contribution in [1.82, 2.24) is 0 Å². The molecule has 3 rings (SSSR count). The number of carboxylic acid groups (broad SMARTS) is 2. The number of fused-ring (bicyclic) bond motifs is 1. The molecule has 0 saturated heterocycles. The Hall–Kier alpha value is -3.35. The molecule has 0 spiro atoms. The molecule has 1 atom stereocenters. The summed E-state index contributed by atoms with van der Waals surface area (Å²) in [6.07, 6.45) is 0.815. The van der Waals surface area contributed by atoms with Crippen LogP contribution < -0.4 is 4.74 Å². The number of carbonyl (C=O) groups is 3. The Morgan fingerprint density at radius 3 is 2.33 bits per heavy atom. The molecular formula is C26H30O7. The van der Waals surface area contributed by atoms with Gasteiger partial charge in [-0.05, 0) is 60.9 Å². The van der Waals surface area contributed by atoms with Gasteiger partial charge in [0.15, 0.2) is 0 Å². The highest BCUT2D eigenvalue weighted by molar-refractivity contribution is 5.76. The molecule has 7 heteroatoms. The first-order valence-corrected chi connectivity index (χ1v) is 11.2. The first-order chi connectivity index (χ1) is 15.8. The molecule has 0 fully saturated rings. The minimum atomic E-state index is -1.21. The summed E-state index contributed by atoms with van der Waals surface area (Å²) >= 11 is 0. The Labute approximate surface area is 193 Å². The predicted octanol–water partition coefficient (Wildman–Crippen LogP) is 4.57. The third-order valence-electron chi connectivity index (χ3n) is 6.12. The molecule has 7 nitrogen and oxygen atoms in total. The van der Waals surface area contributed by atoms with E-state index in [2.05, 4.69) is 0 Å². The van der Waals surface area contributed by atoms with Crippen LogP contribution in [-0.4, -0.2) is 34.7 Å². The molecule has 0 bridgehead atoms. The van der Waals surface area contributed by atoms with E-state index in [-0.39, 0.29) is 18.9 Å². The molecule has 1 aliphatic rings. The molecule has 2 N–H and O–H groups in total. The molecule has 1 aliphatic carbocycles. The van der Waals surface area contributed by atoms with Crippen molar-refractivity contribution in [2.24, 2.45) is 5.41 Å². The van der Waals surface area contributed by atoms with Crippen molar-refractivity contribution in [3.05, 3.63) is 65.2 Å². The van der Waals surface area contributed by atoms with Gasteiger partial charge in [0.2, 0.25) is 0 Å². The first kappa shape index (κ1) is 24.3. The molecule has 0 radical (unpaired) electrons. The van der Waals surface area contributed by atoms with E-state index in [4.69, 9.17) is 9.47 Å². The van der Waals surface area contributed by atoms with Gasteiger partial charge in [-0.25, -0.2) is 0 Å². The highest BCUT2D eigenvalue weighted by Crippen LogP contribution is 2.47. The maximum absolute atomic E-state index is 12.2. The lowest BCUT2D eigenvalue weighted by atomic mass is 9.70. The average Bonchev–Trinajstić information content (AvgIpc) is 3.13. The quantitative estimate of drug-likeness (QED) is 0.452. The standard InChI is InChI=1S/C26H30O7/c1-2-32-25(31)16-26(14-23(27)28,15-24(29)30)13-20-9-8-19-12-21(10-11-22(19)20)33-17-18-6-4-3-5-7-18/h3-7,10-12,20H,2,8-9,13-17H2,1H3,(H,27,28)(H,29,30)/t20-/m1/s1. The van der Waals surface area contributed by atoms with E-state index in [0.717, 1.165) is 35.3 Å². The van der Waals surface area contributed by atoms with Crippen molar-refractivity contribution in [3.63, 3.8) is 0 Å². The highest BCUT2D eigenvalue weighted by atomic mass is 16.5. The van der Waals surface area contributed by atoms with Crippen LogP contribution in [0, 0.1) is 5.41 Å². The van der Waals surface area contributed by atoms with E-state index in [9.17, 15) is 24.6 Å². The summed E-state index contributed by atoms with van der Waals surface area (Å²) in [5, 5.41) is 19.0. The molecule has 0 unspecified atom stereocenters. The smallest absolute Gasteiger partial charge is 0.306 e. The van der Waals surface area contributed by atoms with Crippen LogP contribution >= 0.6 is 0 Å². The number of benzene rings is 2. The monoisotopic (exact) mass is 454 g/mol. The van der Waals surface area contributed by atoms with Crippen LogP contribution in [0.4, 0.5) is 0 Å². The van der Waals surface area contributed by atoms with Crippen LogP contribution in [0.5, 0.6) is 5.75 Å². The number of rotatable bonds is 12. The zero-order chi connectivity index (χ0) is 23.8. The summed E-state index contributed by atoms with van der Waals surface area (Å²) in [5.41, 5.74) is 2.04. The van der Waals surface area contributed by atoms with Crippen LogP contribution in [0.15, 0.2) is 48.5 Å². The Morgan fingerprint density at radius 2 is 1.70 bits per heavy atom. The third kappa shape index (κ3) is 6.81. The number of hydrogen-bond donors (Lipinski definition) is 2. The molecule has 0 saturated carbocycles. The molecule has 2 aromatic rings. The van der Waals surface area contributed by atoms with E-state index < -0.39 is 36.2 Å². The van der Waals surface area contributed by atoms with Crippen molar-refractivity contribution >= 4 is 17.9 Å². The Balaban J connectivity index is 1.78. The summed E-state index contributed by atoms with van der Waals surface area (Å²) in [4.78, 5) is 35.5. The topological polar surface area (TPSA) is 110 Å².